The molecule has 1 aliphatic carbocycles. The highest BCUT2D eigenvalue weighted by atomic mass is 15.2. The topological polar surface area (TPSA) is 29.3 Å². The largest absolute Gasteiger partial charge is 0.329 e. The second kappa shape index (κ2) is 6.02. The molecule has 2 N–H and O–H groups in total. The van der Waals surface area contributed by atoms with Crippen molar-refractivity contribution in [2.75, 3.05) is 13.1 Å². The Morgan fingerprint density at radius 1 is 1.12 bits per heavy atom. The van der Waals surface area contributed by atoms with Crippen molar-refractivity contribution in [3.8, 4) is 0 Å². The number of likely N-dealkylation sites (tertiary alicyclic amines) is 1. The second-order valence-corrected chi connectivity index (χ2v) is 5.64. The molecular weight excluding hydrogens is 196 g/mol. The van der Waals surface area contributed by atoms with Gasteiger partial charge in [0.1, 0.15) is 0 Å². The molecule has 2 nitrogen and oxygen atoms in total. The van der Waals surface area contributed by atoms with E-state index in [9.17, 15) is 0 Å². The molecule has 0 aromatic rings. The molecule has 2 rings (SSSR count). The van der Waals surface area contributed by atoms with Gasteiger partial charge in [0.25, 0.3) is 0 Å². The van der Waals surface area contributed by atoms with Gasteiger partial charge >= 0.3 is 0 Å². The monoisotopic (exact) mass is 224 g/mol. The summed E-state index contributed by atoms with van der Waals surface area (Å²) in [6.07, 6.45) is 11.3. The molecule has 0 amide bonds. The van der Waals surface area contributed by atoms with Gasteiger partial charge in [-0.2, -0.15) is 0 Å². The molecule has 2 aliphatic rings. The van der Waals surface area contributed by atoms with Crippen LogP contribution in [0.15, 0.2) is 0 Å². The van der Waals surface area contributed by atoms with Crippen LogP contribution in [0.2, 0.25) is 0 Å². The minimum atomic E-state index is 0.688. The highest BCUT2D eigenvalue weighted by Gasteiger charge is 2.33. The standard InChI is InChI=1S/C14H28N2/c1-2-13-9-6-10-16(13)14(11-15)12-7-4-3-5-8-12/h12-14H,2-11,15H2,1H3. The maximum Gasteiger partial charge on any atom is 0.0249 e. The van der Waals surface area contributed by atoms with Crippen LogP contribution in [0.1, 0.15) is 58.3 Å². The molecule has 0 spiro atoms. The Bertz CT molecular complexity index is 199. The molecule has 2 atom stereocenters. The van der Waals surface area contributed by atoms with Crippen LogP contribution in [-0.2, 0) is 0 Å². The van der Waals surface area contributed by atoms with Crippen molar-refractivity contribution in [3.63, 3.8) is 0 Å². The predicted octanol–water partition coefficient (Wildman–Crippen LogP) is 2.77. The van der Waals surface area contributed by atoms with Gasteiger partial charge in [0.15, 0.2) is 0 Å². The normalized spacial score (nSPS) is 30.8. The van der Waals surface area contributed by atoms with Crippen molar-refractivity contribution in [2.45, 2.75) is 70.4 Å². The fraction of sp³-hybridized carbons (Fsp3) is 1.00. The number of hydrogen-bond acceptors (Lipinski definition) is 2. The highest BCUT2D eigenvalue weighted by Crippen LogP contribution is 2.32. The van der Waals surface area contributed by atoms with E-state index in [0.29, 0.717) is 6.04 Å². The van der Waals surface area contributed by atoms with Gasteiger partial charge in [-0.3, -0.25) is 4.90 Å². The third-order valence-electron chi connectivity index (χ3n) is 4.76. The predicted molar refractivity (Wildman–Crippen MR) is 69.4 cm³/mol. The van der Waals surface area contributed by atoms with Crippen molar-refractivity contribution in [1.82, 2.24) is 4.90 Å². The van der Waals surface area contributed by atoms with Crippen molar-refractivity contribution in [1.29, 1.82) is 0 Å². The van der Waals surface area contributed by atoms with Crippen molar-refractivity contribution >= 4 is 0 Å². The summed E-state index contributed by atoms with van der Waals surface area (Å²) in [5.41, 5.74) is 6.06. The Hall–Kier alpha value is -0.0800. The van der Waals surface area contributed by atoms with Gasteiger partial charge in [0, 0.05) is 18.6 Å². The summed E-state index contributed by atoms with van der Waals surface area (Å²) < 4.78 is 0. The van der Waals surface area contributed by atoms with E-state index in [1.54, 1.807) is 0 Å². The van der Waals surface area contributed by atoms with Crippen molar-refractivity contribution < 1.29 is 0 Å². The van der Waals surface area contributed by atoms with Crippen LogP contribution < -0.4 is 5.73 Å². The molecule has 1 saturated carbocycles. The number of hydrogen-bond donors (Lipinski definition) is 1. The van der Waals surface area contributed by atoms with E-state index >= 15 is 0 Å². The zero-order chi connectivity index (χ0) is 11.4. The average Bonchev–Trinajstić information content (AvgIpc) is 2.80. The summed E-state index contributed by atoms with van der Waals surface area (Å²) in [7, 11) is 0. The molecule has 0 bridgehead atoms. The minimum absolute atomic E-state index is 0.688. The summed E-state index contributed by atoms with van der Waals surface area (Å²) in [5, 5.41) is 0. The molecule has 16 heavy (non-hydrogen) atoms. The number of nitrogens with two attached hydrogens (primary N) is 1. The molecular formula is C14H28N2. The minimum Gasteiger partial charge on any atom is -0.329 e. The van der Waals surface area contributed by atoms with Gasteiger partial charge in [0.05, 0.1) is 0 Å². The van der Waals surface area contributed by atoms with Crippen LogP contribution in [0.5, 0.6) is 0 Å². The maximum atomic E-state index is 6.06. The third-order valence-corrected chi connectivity index (χ3v) is 4.76. The molecule has 0 aromatic carbocycles. The summed E-state index contributed by atoms with van der Waals surface area (Å²) in [6.45, 7) is 4.51. The van der Waals surface area contributed by atoms with Gasteiger partial charge < -0.3 is 5.73 Å². The van der Waals surface area contributed by atoms with Crippen LogP contribution in [0.25, 0.3) is 0 Å². The molecule has 0 radical (unpaired) electrons. The quantitative estimate of drug-likeness (QED) is 0.795. The van der Waals surface area contributed by atoms with E-state index in [4.69, 9.17) is 5.73 Å². The SMILES string of the molecule is CCC1CCCN1C(CN)C1CCCCC1. The first-order chi connectivity index (χ1) is 7.86. The zero-order valence-electron chi connectivity index (χ0n) is 10.8. The van der Waals surface area contributed by atoms with E-state index in [0.717, 1.165) is 18.5 Å². The zero-order valence-corrected chi connectivity index (χ0v) is 10.8. The molecule has 94 valence electrons. The molecule has 2 unspecified atom stereocenters. The number of rotatable bonds is 4. The average molecular weight is 224 g/mol. The van der Waals surface area contributed by atoms with Gasteiger partial charge in [-0.25, -0.2) is 0 Å². The van der Waals surface area contributed by atoms with Crippen LogP contribution in [0.4, 0.5) is 0 Å². The van der Waals surface area contributed by atoms with Crippen molar-refractivity contribution in [3.05, 3.63) is 0 Å². The van der Waals surface area contributed by atoms with Crippen LogP contribution in [0, 0.1) is 5.92 Å². The lowest BCUT2D eigenvalue weighted by Crippen LogP contribution is -2.48. The second-order valence-electron chi connectivity index (χ2n) is 5.64. The van der Waals surface area contributed by atoms with Gasteiger partial charge in [0.2, 0.25) is 0 Å². The van der Waals surface area contributed by atoms with E-state index in [-0.39, 0.29) is 0 Å². The third kappa shape index (κ3) is 2.60. The lowest BCUT2D eigenvalue weighted by Gasteiger charge is -2.39. The first kappa shape index (κ1) is 12.4. The summed E-state index contributed by atoms with van der Waals surface area (Å²) in [5.74, 6) is 0.894. The van der Waals surface area contributed by atoms with E-state index in [1.807, 2.05) is 0 Å². The summed E-state index contributed by atoms with van der Waals surface area (Å²) in [4.78, 5) is 2.75. The lowest BCUT2D eigenvalue weighted by molar-refractivity contribution is 0.108. The molecule has 1 saturated heterocycles. The van der Waals surface area contributed by atoms with E-state index in [2.05, 4.69) is 11.8 Å². The molecule has 2 heteroatoms. The van der Waals surface area contributed by atoms with E-state index in [1.165, 1.54) is 57.9 Å². The van der Waals surface area contributed by atoms with Crippen LogP contribution >= 0.6 is 0 Å². The van der Waals surface area contributed by atoms with Crippen LogP contribution in [0.3, 0.4) is 0 Å². The molecule has 0 aromatic heterocycles. The molecule has 2 fully saturated rings. The maximum absolute atomic E-state index is 6.06. The Balaban J connectivity index is 1.97. The van der Waals surface area contributed by atoms with Crippen LogP contribution in [-0.4, -0.2) is 30.1 Å². The fourth-order valence-corrected chi connectivity index (χ4v) is 3.85. The van der Waals surface area contributed by atoms with Gasteiger partial charge in [-0.05, 0) is 44.6 Å². The Labute approximate surface area is 101 Å². The highest BCUT2D eigenvalue weighted by molar-refractivity contribution is 4.89. The Morgan fingerprint density at radius 2 is 1.88 bits per heavy atom. The van der Waals surface area contributed by atoms with E-state index < -0.39 is 0 Å². The summed E-state index contributed by atoms with van der Waals surface area (Å²) in [6, 6.07) is 1.52. The first-order valence-electron chi connectivity index (χ1n) is 7.32. The molecule has 1 aliphatic heterocycles. The summed E-state index contributed by atoms with van der Waals surface area (Å²) >= 11 is 0. The lowest BCUT2D eigenvalue weighted by atomic mass is 9.83. The first-order valence-corrected chi connectivity index (χ1v) is 7.32. The van der Waals surface area contributed by atoms with Crippen molar-refractivity contribution in [2.24, 2.45) is 11.7 Å². The van der Waals surface area contributed by atoms with Gasteiger partial charge in [-0.1, -0.05) is 26.2 Å². The molecule has 1 heterocycles. The Kier molecular flexibility index (Phi) is 4.66. The smallest absolute Gasteiger partial charge is 0.0249 e. The van der Waals surface area contributed by atoms with Gasteiger partial charge in [-0.15, -0.1) is 0 Å². The number of nitrogens with zero attached hydrogens (tertiary/aromatic N) is 1. The fourth-order valence-electron chi connectivity index (χ4n) is 3.85. The Morgan fingerprint density at radius 3 is 2.50 bits per heavy atom.